The van der Waals surface area contributed by atoms with Crippen LogP contribution >= 0.6 is 11.6 Å². The number of rotatable bonds is 8. The van der Waals surface area contributed by atoms with Gasteiger partial charge >= 0.3 is 0 Å². The Morgan fingerprint density at radius 2 is 1.84 bits per heavy atom. The average Bonchev–Trinajstić information content (AvgIpc) is 2.78. The number of nitrogens with zero attached hydrogens (tertiary/aromatic N) is 1. The highest BCUT2D eigenvalue weighted by molar-refractivity contribution is 6.30. The van der Waals surface area contributed by atoms with Gasteiger partial charge in [0.15, 0.2) is 11.5 Å². The Labute approximate surface area is 192 Å². The van der Waals surface area contributed by atoms with E-state index in [1.807, 2.05) is 38.1 Å². The lowest BCUT2D eigenvalue weighted by atomic mass is 10.1. The van der Waals surface area contributed by atoms with Gasteiger partial charge in [0.25, 0.3) is 5.91 Å². The minimum absolute atomic E-state index is 0.0316. The van der Waals surface area contributed by atoms with Gasteiger partial charge in [-0.3, -0.25) is 4.79 Å². The Balaban J connectivity index is 1.77. The van der Waals surface area contributed by atoms with Gasteiger partial charge in [-0.25, -0.2) is 0 Å². The third kappa shape index (κ3) is 6.37. The first kappa shape index (κ1) is 22.9. The Bertz CT molecular complexity index is 1160. The second-order valence-corrected chi connectivity index (χ2v) is 7.48. The Morgan fingerprint density at radius 1 is 1.06 bits per heavy atom. The zero-order valence-corrected chi connectivity index (χ0v) is 18.6. The van der Waals surface area contributed by atoms with Crippen molar-refractivity contribution in [2.45, 2.75) is 20.5 Å². The molecule has 32 heavy (non-hydrogen) atoms. The van der Waals surface area contributed by atoms with E-state index in [2.05, 4.69) is 11.4 Å². The van der Waals surface area contributed by atoms with E-state index in [0.717, 1.165) is 11.1 Å². The molecule has 5 nitrogen and oxygen atoms in total. The van der Waals surface area contributed by atoms with Gasteiger partial charge in [-0.05, 0) is 67.4 Å². The summed E-state index contributed by atoms with van der Waals surface area (Å²) < 4.78 is 11.7. The van der Waals surface area contributed by atoms with E-state index in [4.69, 9.17) is 21.1 Å². The molecular formula is C26H23ClN2O3. The van der Waals surface area contributed by atoms with Crippen LogP contribution in [-0.2, 0) is 11.4 Å². The van der Waals surface area contributed by atoms with E-state index in [1.165, 1.54) is 6.08 Å². The number of carbonyl (C=O) groups is 1. The summed E-state index contributed by atoms with van der Waals surface area (Å²) in [5.41, 5.74) is 3.39. The summed E-state index contributed by atoms with van der Waals surface area (Å²) in [6.07, 6.45) is 1.51. The standard InChI is InChI=1S/C26H23ClN2O3/c1-3-31-25-15-19(7-12-24(25)32-17-20-6-4-5-18(2)13-20)14-21(16-28)26(30)29-23-10-8-22(27)9-11-23/h4-15H,3,17H2,1-2H3,(H,29,30)/b21-14-. The van der Waals surface area contributed by atoms with Crippen molar-refractivity contribution in [2.75, 3.05) is 11.9 Å². The minimum atomic E-state index is -0.507. The van der Waals surface area contributed by atoms with Crippen LogP contribution in [0.5, 0.6) is 11.5 Å². The second kappa shape index (κ2) is 11.0. The maximum absolute atomic E-state index is 12.5. The molecule has 0 bridgehead atoms. The van der Waals surface area contributed by atoms with Crippen LogP contribution in [0.2, 0.25) is 5.02 Å². The van der Waals surface area contributed by atoms with Crippen molar-refractivity contribution in [3.8, 4) is 17.6 Å². The zero-order chi connectivity index (χ0) is 22.9. The largest absolute Gasteiger partial charge is 0.490 e. The lowest BCUT2D eigenvalue weighted by Crippen LogP contribution is -2.13. The molecule has 0 radical (unpaired) electrons. The molecule has 1 amide bonds. The molecule has 0 heterocycles. The van der Waals surface area contributed by atoms with E-state index in [0.29, 0.717) is 41.0 Å². The molecule has 0 aliphatic carbocycles. The highest BCUT2D eigenvalue weighted by Crippen LogP contribution is 2.30. The molecule has 0 saturated heterocycles. The zero-order valence-electron chi connectivity index (χ0n) is 17.9. The smallest absolute Gasteiger partial charge is 0.266 e. The number of nitriles is 1. The minimum Gasteiger partial charge on any atom is -0.490 e. The van der Waals surface area contributed by atoms with E-state index >= 15 is 0 Å². The predicted octanol–water partition coefficient (Wildman–Crippen LogP) is 6.17. The van der Waals surface area contributed by atoms with Crippen LogP contribution in [0.15, 0.2) is 72.3 Å². The number of halogens is 1. The quantitative estimate of drug-likeness (QED) is 0.331. The monoisotopic (exact) mass is 446 g/mol. The molecule has 1 N–H and O–H groups in total. The predicted molar refractivity (Wildman–Crippen MR) is 127 cm³/mol. The first-order valence-electron chi connectivity index (χ1n) is 10.1. The van der Waals surface area contributed by atoms with Gasteiger partial charge in [0.1, 0.15) is 18.2 Å². The average molecular weight is 447 g/mol. The SMILES string of the molecule is CCOc1cc(/C=C(/C#N)C(=O)Nc2ccc(Cl)cc2)ccc1OCc1cccc(C)c1. The van der Waals surface area contributed by atoms with Crippen molar-refractivity contribution < 1.29 is 14.3 Å². The molecule has 3 rings (SSSR count). The second-order valence-electron chi connectivity index (χ2n) is 7.05. The van der Waals surface area contributed by atoms with Crippen LogP contribution in [0.3, 0.4) is 0 Å². The molecule has 0 aliphatic heterocycles. The molecule has 162 valence electrons. The first-order chi connectivity index (χ1) is 15.5. The van der Waals surface area contributed by atoms with Gasteiger partial charge in [0, 0.05) is 10.7 Å². The summed E-state index contributed by atoms with van der Waals surface area (Å²) >= 11 is 5.86. The van der Waals surface area contributed by atoms with Gasteiger partial charge in [-0.15, -0.1) is 0 Å². The fraction of sp³-hybridized carbons (Fsp3) is 0.154. The molecule has 3 aromatic carbocycles. The Hall–Kier alpha value is -3.75. The number of anilines is 1. The number of amides is 1. The van der Waals surface area contributed by atoms with Crippen molar-refractivity contribution in [1.82, 2.24) is 0 Å². The van der Waals surface area contributed by atoms with E-state index in [9.17, 15) is 10.1 Å². The molecule has 0 aliphatic rings. The number of hydrogen-bond donors (Lipinski definition) is 1. The summed E-state index contributed by atoms with van der Waals surface area (Å²) in [4.78, 5) is 12.5. The Morgan fingerprint density at radius 3 is 2.53 bits per heavy atom. The topological polar surface area (TPSA) is 71.3 Å². The van der Waals surface area contributed by atoms with Gasteiger partial charge in [0.05, 0.1) is 6.61 Å². The van der Waals surface area contributed by atoms with E-state index in [1.54, 1.807) is 42.5 Å². The number of carbonyl (C=O) groups excluding carboxylic acids is 1. The molecule has 0 fully saturated rings. The summed E-state index contributed by atoms with van der Waals surface area (Å²) in [5.74, 6) is 0.631. The van der Waals surface area contributed by atoms with Gasteiger partial charge in [-0.2, -0.15) is 5.26 Å². The van der Waals surface area contributed by atoms with Crippen LogP contribution in [-0.4, -0.2) is 12.5 Å². The third-order valence-electron chi connectivity index (χ3n) is 4.52. The number of nitrogens with one attached hydrogen (secondary N) is 1. The van der Waals surface area contributed by atoms with Crippen molar-refractivity contribution in [3.05, 3.63) is 94.0 Å². The summed E-state index contributed by atoms with van der Waals surface area (Å²) in [6.45, 7) is 4.78. The number of aryl methyl sites for hydroxylation is 1. The molecule has 0 spiro atoms. The highest BCUT2D eigenvalue weighted by Gasteiger charge is 2.12. The van der Waals surface area contributed by atoms with Crippen LogP contribution in [0, 0.1) is 18.3 Å². The van der Waals surface area contributed by atoms with Crippen LogP contribution in [0.25, 0.3) is 6.08 Å². The molecule has 0 atom stereocenters. The van der Waals surface area contributed by atoms with Gasteiger partial charge in [-0.1, -0.05) is 47.5 Å². The number of ether oxygens (including phenoxy) is 2. The maximum atomic E-state index is 12.5. The summed E-state index contributed by atoms with van der Waals surface area (Å²) in [7, 11) is 0. The molecular weight excluding hydrogens is 424 g/mol. The number of hydrogen-bond acceptors (Lipinski definition) is 4. The normalized spacial score (nSPS) is 10.9. The van der Waals surface area contributed by atoms with Gasteiger partial charge in [0.2, 0.25) is 0 Å². The Kier molecular flexibility index (Phi) is 7.91. The van der Waals surface area contributed by atoms with Crippen LogP contribution in [0.1, 0.15) is 23.6 Å². The van der Waals surface area contributed by atoms with Crippen molar-refractivity contribution in [3.63, 3.8) is 0 Å². The van der Waals surface area contributed by atoms with Gasteiger partial charge < -0.3 is 14.8 Å². The summed E-state index contributed by atoms with van der Waals surface area (Å²) in [6, 6.07) is 22.0. The molecule has 0 aromatic heterocycles. The molecule has 3 aromatic rings. The highest BCUT2D eigenvalue weighted by atomic mass is 35.5. The maximum Gasteiger partial charge on any atom is 0.266 e. The molecule has 6 heteroatoms. The van der Waals surface area contributed by atoms with Crippen molar-refractivity contribution >= 4 is 29.3 Å². The van der Waals surface area contributed by atoms with Crippen molar-refractivity contribution in [1.29, 1.82) is 5.26 Å². The molecule has 0 saturated carbocycles. The van der Waals surface area contributed by atoms with Crippen molar-refractivity contribution in [2.24, 2.45) is 0 Å². The summed E-state index contributed by atoms with van der Waals surface area (Å²) in [5, 5.41) is 12.7. The number of benzene rings is 3. The fourth-order valence-electron chi connectivity index (χ4n) is 3.01. The lowest BCUT2D eigenvalue weighted by Gasteiger charge is -2.13. The van der Waals surface area contributed by atoms with Crippen LogP contribution < -0.4 is 14.8 Å². The lowest BCUT2D eigenvalue weighted by molar-refractivity contribution is -0.112. The van der Waals surface area contributed by atoms with E-state index < -0.39 is 5.91 Å². The van der Waals surface area contributed by atoms with E-state index in [-0.39, 0.29) is 5.57 Å². The molecule has 0 unspecified atom stereocenters. The fourth-order valence-corrected chi connectivity index (χ4v) is 3.14. The third-order valence-corrected chi connectivity index (χ3v) is 4.77. The van der Waals surface area contributed by atoms with Crippen LogP contribution in [0.4, 0.5) is 5.69 Å². The first-order valence-corrected chi connectivity index (χ1v) is 10.5.